The number of carboxylic acid groups (broad SMARTS) is 2. The average molecular weight is 169 g/mol. The number of rotatable bonds is 0. The second kappa shape index (κ2) is 8.88. The van der Waals surface area contributed by atoms with Crippen molar-refractivity contribution in [3.05, 3.63) is 0 Å². The first kappa shape index (κ1) is 9.35. The molecule has 0 aromatic carbocycles. The first-order valence-electron chi connectivity index (χ1n) is 0.855. The molecule has 0 saturated heterocycles. The van der Waals surface area contributed by atoms with Gasteiger partial charge in [0.25, 0.3) is 0 Å². The van der Waals surface area contributed by atoms with E-state index in [2.05, 4.69) is 0 Å². The molecule has 0 aromatic rings. The van der Waals surface area contributed by atoms with Crippen molar-refractivity contribution in [2.24, 2.45) is 0 Å². The fourth-order valence-electron chi connectivity index (χ4n) is 0. The topological polar surface area (TPSA) is 74.6 Å². The fourth-order valence-corrected chi connectivity index (χ4v) is 0. The Kier molecular flexibility index (Phi) is 13.8. The van der Waals surface area contributed by atoms with Gasteiger partial charge in [0.15, 0.2) is 0 Å². The van der Waals surface area contributed by atoms with Crippen molar-refractivity contribution >= 4 is 6.16 Å². The van der Waals surface area contributed by atoms with Crippen molar-refractivity contribution in [2.75, 3.05) is 0 Å². The maximum atomic E-state index is 8.56. The van der Waals surface area contributed by atoms with Gasteiger partial charge in [-0.15, -0.1) is 0 Å². The molecule has 0 saturated carbocycles. The van der Waals surface area contributed by atoms with Crippen LogP contribution in [0.4, 0.5) is 4.79 Å². The predicted molar refractivity (Wildman–Crippen MR) is 11.3 cm³/mol. The van der Waals surface area contributed by atoms with Gasteiger partial charge in [-0.3, -0.25) is 0 Å². The van der Waals surface area contributed by atoms with Gasteiger partial charge in [-0.1, -0.05) is 0 Å². The minimum absolute atomic E-state index is 0.300. The van der Waals surface area contributed by atoms with Crippen LogP contribution in [0.5, 0.6) is 0 Å². The van der Waals surface area contributed by atoms with Crippen molar-refractivity contribution in [1.82, 2.24) is 0 Å². The Labute approximate surface area is 49.1 Å². The van der Waals surface area contributed by atoms with E-state index in [-0.39, 0.29) is 0 Å². The summed E-state index contributed by atoms with van der Waals surface area (Å²) in [5.41, 5.74) is 0. The molecule has 0 heterocycles. The van der Waals surface area contributed by atoms with E-state index in [0.29, 0.717) is 24.7 Å². The molecule has 2 N–H and O–H groups in total. The molecule has 0 rings (SSSR count). The van der Waals surface area contributed by atoms with Crippen LogP contribution < -0.4 is 0 Å². The summed E-state index contributed by atoms with van der Waals surface area (Å²) < 4.78 is 8.34. The summed E-state index contributed by atoms with van der Waals surface area (Å²) in [6.07, 6.45) is -1.83. The summed E-state index contributed by atoms with van der Waals surface area (Å²) in [6, 6.07) is 0. The molecule has 0 aliphatic rings. The molecule has 0 aliphatic heterocycles. The van der Waals surface area contributed by atoms with E-state index in [9.17, 15) is 0 Å². The van der Waals surface area contributed by atoms with Crippen LogP contribution in [0.15, 0.2) is 0 Å². The van der Waals surface area contributed by atoms with Gasteiger partial charge in [-0.25, -0.2) is 4.79 Å². The molecule has 5 heteroatoms. The van der Waals surface area contributed by atoms with Gasteiger partial charge in [-0.05, 0) is 0 Å². The zero-order valence-electron chi connectivity index (χ0n) is 2.71. The standard InChI is InChI=1S/CH2O3.O.Zr/c2-1(3)4;;/h(H2,2,3,4);;. The molecule has 0 aromatic heterocycles. The van der Waals surface area contributed by atoms with Gasteiger partial charge in [0.2, 0.25) is 0 Å². The monoisotopic (exact) mass is 168 g/mol. The molecule has 34 valence electrons. The predicted octanol–water partition coefficient (Wildman–Crippen LogP) is 0.101. The van der Waals surface area contributed by atoms with Crippen LogP contribution in [0.2, 0.25) is 0 Å². The summed E-state index contributed by atoms with van der Waals surface area (Å²) in [7, 11) is 0. The van der Waals surface area contributed by atoms with E-state index in [0.717, 1.165) is 0 Å². The van der Waals surface area contributed by atoms with Crippen LogP contribution in [0.3, 0.4) is 0 Å². The van der Waals surface area contributed by atoms with Crippen molar-refractivity contribution < 1.29 is 42.5 Å². The zero-order valence-corrected chi connectivity index (χ0v) is 5.17. The van der Waals surface area contributed by atoms with E-state index < -0.39 is 6.16 Å². The van der Waals surface area contributed by atoms with E-state index >= 15 is 0 Å². The Morgan fingerprint density at radius 1 is 1.33 bits per heavy atom. The molecule has 0 spiro atoms. The fraction of sp³-hybridized carbons (Fsp3) is 0. The van der Waals surface area contributed by atoms with Gasteiger partial charge in [-0.2, -0.15) is 0 Å². The van der Waals surface area contributed by atoms with Gasteiger partial charge in [0.1, 0.15) is 0 Å². The van der Waals surface area contributed by atoms with E-state index in [4.69, 9.17) is 17.8 Å². The normalized spacial score (nSPS) is 4.50. The summed E-state index contributed by atoms with van der Waals surface area (Å²) >= 11 is 0.300. The van der Waals surface area contributed by atoms with Gasteiger partial charge < -0.3 is 10.2 Å². The summed E-state index contributed by atoms with van der Waals surface area (Å²) in [6.45, 7) is 0. The Morgan fingerprint density at radius 2 is 1.33 bits per heavy atom. The third-order valence-corrected chi connectivity index (χ3v) is 0. The third kappa shape index (κ3) is 15700. The van der Waals surface area contributed by atoms with E-state index in [1.54, 1.807) is 0 Å². The van der Waals surface area contributed by atoms with Crippen LogP contribution in [0.1, 0.15) is 0 Å². The van der Waals surface area contributed by atoms with E-state index in [1.165, 1.54) is 0 Å². The number of hydrogen-bond donors (Lipinski definition) is 2. The molecule has 0 amide bonds. The molecule has 0 radical (unpaired) electrons. The second-order valence-electron chi connectivity index (χ2n) is 0.283. The molecular weight excluding hydrogens is 167 g/mol. The number of carbonyl (C=O) groups is 1. The first-order valence-corrected chi connectivity index (χ1v) is 1.86. The zero-order chi connectivity index (χ0) is 5.58. The Balaban J connectivity index is 0. The molecular formula is CH2O4Zr. The van der Waals surface area contributed by atoms with Gasteiger partial charge in [0.05, 0.1) is 0 Å². The molecule has 0 aliphatic carbocycles. The second-order valence-corrected chi connectivity index (χ2v) is 0.283. The van der Waals surface area contributed by atoms with Gasteiger partial charge >= 0.3 is 33.7 Å². The first-order chi connectivity index (χ1) is 2.73. The average Bonchev–Trinajstić information content (AvgIpc) is 1.41. The van der Waals surface area contributed by atoms with Crippen LogP contribution in [-0.4, -0.2) is 16.4 Å². The quantitative estimate of drug-likeness (QED) is 0.539. The van der Waals surface area contributed by atoms with Crippen molar-refractivity contribution in [2.45, 2.75) is 0 Å². The number of hydrogen-bond acceptors (Lipinski definition) is 2. The molecule has 6 heavy (non-hydrogen) atoms. The van der Waals surface area contributed by atoms with Crippen LogP contribution in [0.25, 0.3) is 0 Å². The maximum absolute atomic E-state index is 8.56. The Hall–Kier alpha value is -0.0469. The molecule has 4 nitrogen and oxygen atoms in total. The minimum atomic E-state index is -1.83. The van der Waals surface area contributed by atoms with Crippen molar-refractivity contribution in [1.29, 1.82) is 0 Å². The van der Waals surface area contributed by atoms with Gasteiger partial charge in [0, 0.05) is 0 Å². The van der Waals surface area contributed by atoms with Crippen molar-refractivity contribution in [3.63, 3.8) is 0 Å². The Morgan fingerprint density at radius 3 is 1.33 bits per heavy atom. The summed E-state index contributed by atoms with van der Waals surface area (Å²) in [5, 5.41) is 13.9. The van der Waals surface area contributed by atoms with E-state index in [1.807, 2.05) is 0 Å². The summed E-state index contributed by atoms with van der Waals surface area (Å²) in [5.74, 6) is 0. The van der Waals surface area contributed by atoms with Crippen LogP contribution >= 0.6 is 0 Å². The molecule has 0 fully saturated rings. The van der Waals surface area contributed by atoms with Crippen LogP contribution in [-0.2, 0) is 27.5 Å². The third-order valence-electron chi connectivity index (χ3n) is 0. The molecule has 0 atom stereocenters. The summed E-state index contributed by atoms with van der Waals surface area (Å²) in [4.78, 5) is 8.56. The molecule has 0 bridgehead atoms. The molecule has 0 unspecified atom stereocenters. The van der Waals surface area contributed by atoms with Crippen LogP contribution in [0, 0.1) is 0 Å². The Bertz CT molecular complexity index is 38.8. The van der Waals surface area contributed by atoms with Crippen molar-refractivity contribution in [3.8, 4) is 0 Å². The SMILES string of the molecule is O=C(O)O.[O]=[Zr].